The average molecular weight is 340 g/mol. The highest BCUT2D eigenvalue weighted by Gasteiger charge is 2.10. The molecule has 2 aromatic heterocycles. The van der Waals surface area contributed by atoms with Crippen LogP contribution < -0.4 is 0 Å². The minimum atomic E-state index is 0.427. The summed E-state index contributed by atoms with van der Waals surface area (Å²) in [5.41, 5.74) is 4.87. The van der Waals surface area contributed by atoms with Gasteiger partial charge in [-0.05, 0) is 53.0 Å². The Labute approximate surface area is 154 Å². The first-order valence-electron chi connectivity index (χ1n) is 9.33. The molecule has 26 heavy (non-hydrogen) atoms. The van der Waals surface area contributed by atoms with E-state index in [0.29, 0.717) is 11.8 Å². The van der Waals surface area contributed by atoms with Gasteiger partial charge in [-0.1, -0.05) is 57.2 Å². The van der Waals surface area contributed by atoms with Crippen molar-refractivity contribution >= 4 is 21.7 Å². The third kappa shape index (κ3) is 3.32. The Bertz CT molecular complexity index is 1070. The Hall–Kier alpha value is -2.74. The SMILES string of the molecule is CC(C)c1cc2cc(CC(C)c3cnc4ccccc4c3)ccc2cn1. The predicted molar refractivity (Wildman–Crippen MR) is 110 cm³/mol. The number of hydrogen-bond acceptors (Lipinski definition) is 2. The zero-order chi connectivity index (χ0) is 18.1. The molecule has 0 fully saturated rings. The molecule has 2 heteroatoms. The molecule has 0 aliphatic heterocycles. The lowest BCUT2D eigenvalue weighted by Gasteiger charge is -2.13. The second-order valence-electron chi connectivity index (χ2n) is 7.51. The molecule has 4 aromatic rings. The van der Waals surface area contributed by atoms with Crippen LogP contribution in [0.15, 0.2) is 67.0 Å². The summed E-state index contributed by atoms with van der Waals surface area (Å²) >= 11 is 0. The Morgan fingerprint density at radius 2 is 1.62 bits per heavy atom. The van der Waals surface area contributed by atoms with Crippen LogP contribution in [0.25, 0.3) is 21.7 Å². The van der Waals surface area contributed by atoms with Gasteiger partial charge in [0, 0.05) is 28.9 Å². The molecule has 2 aromatic carbocycles. The summed E-state index contributed by atoms with van der Waals surface area (Å²) in [4.78, 5) is 9.18. The second-order valence-corrected chi connectivity index (χ2v) is 7.51. The number of benzene rings is 2. The minimum Gasteiger partial charge on any atom is -0.260 e. The maximum absolute atomic E-state index is 4.62. The van der Waals surface area contributed by atoms with Crippen molar-refractivity contribution in [3.63, 3.8) is 0 Å². The molecule has 4 rings (SSSR count). The van der Waals surface area contributed by atoms with Crippen LogP contribution in [-0.4, -0.2) is 9.97 Å². The molecule has 0 saturated heterocycles. The summed E-state index contributed by atoms with van der Waals surface area (Å²) in [6, 6.07) is 19.5. The normalized spacial score (nSPS) is 12.8. The number of nitrogens with zero attached hydrogens (tertiary/aromatic N) is 2. The fourth-order valence-electron chi connectivity index (χ4n) is 3.48. The fraction of sp³-hybridized carbons (Fsp3) is 0.250. The number of hydrogen-bond donors (Lipinski definition) is 0. The first-order valence-corrected chi connectivity index (χ1v) is 9.33. The van der Waals surface area contributed by atoms with Crippen LogP contribution in [0.1, 0.15) is 49.4 Å². The first kappa shape index (κ1) is 16.7. The monoisotopic (exact) mass is 340 g/mol. The maximum Gasteiger partial charge on any atom is 0.0702 e. The highest BCUT2D eigenvalue weighted by Crippen LogP contribution is 2.26. The van der Waals surface area contributed by atoms with Crippen LogP contribution in [0.5, 0.6) is 0 Å². The van der Waals surface area contributed by atoms with Gasteiger partial charge in [0.15, 0.2) is 0 Å². The zero-order valence-corrected chi connectivity index (χ0v) is 15.6. The van der Waals surface area contributed by atoms with Crippen molar-refractivity contribution in [2.75, 3.05) is 0 Å². The van der Waals surface area contributed by atoms with Crippen LogP contribution in [0.2, 0.25) is 0 Å². The molecule has 1 unspecified atom stereocenters. The van der Waals surface area contributed by atoms with Crippen molar-refractivity contribution < 1.29 is 0 Å². The number of pyridine rings is 2. The van der Waals surface area contributed by atoms with Gasteiger partial charge < -0.3 is 0 Å². The quantitative estimate of drug-likeness (QED) is 0.438. The number of para-hydroxylation sites is 1. The van der Waals surface area contributed by atoms with Gasteiger partial charge in [-0.3, -0.25) is 9.97 Å². The Morgan fingerprint density at radius 1 is 0.769 bits per heavy atom. The van der Waals surface area contributed by atoms with Crippen LogP contribution in [-0.2, 0) is 6.42 Å². The Balaban J connectivity index is 1.62. The highest BCUT2D eigenvalue weighted by molar-refractivity contribution is 5.83. The summed E-state index contributed by atoms with van der Waals surface area (Å²) < 4.78 is 0. The van der Waals surface area contributed by atoms with E-state index in [4.69, 9.17) is 0 Å². The van der Waals surface area contributed by atoms with Crippen molar-refractivity contribution in [1.82, 2.24) is 9.97 Å². The van der Waals surface area contributed by atoms with Crippen molar-refractivity contribution in [3.05, 3.63) is 83.8 Å². The molecular formula is C24H24N2. The van der Waals surface area contributed by atoms with E-state index in [2.05, 4.69) is 79.3 Å². The maximum atomic E-state index is 4.62. The van der Waals surface area contributed by atoms with Gasteiger partial charge in [0.1, 0.15) is 0 Å². The van der Waals surface area contributed by atoms with Crippen molar-refractivity contribution in [2.24, 2.45) is 0 Å². The topological polar surface area (TPSA) is 25.8 Å². The van der Waals surface area contributed by atoms with E-state index < -0.39 is 0 Å². The van der Waals surface area contributed by atoms with E-state index in [1.165, 1.54) is 27.3 Å². The van der Waals surface area contributed by atoms with Crippen LogP contribution in [0.4, 0.5) is 0 Å². The summed E-state index contributed by atoms with van der Waals surface area (Å²) in [5.74, 6) is 0.876. The van der Waals surface area contributed by atoms with Gasteiger partial charge in [-0.15, -0.1) is 0 Å². The third-order valence-corrected chi connectivity index (χ3v) is 5.12. The van der Waals surface area contributed by atoms with E-state index in [0.717, 1.165) is 17.6 Å². The fourth-order valence-corrected chi connectivity index (χ4v) is 3.48. The number of rotatable bonds is 4. The van der Waals surface area contributed by atoms with E-state index in [1.54, 1.807) is 0 Å². The van der Waals surface area contributed by atoms with Gasteiger partial charge in [0.2, 0.25) is 0 Å². The summed E-state index contributed by atoms with van der Waals surface area (Å²) in [7, 11) is 0. The predicted octanol–water partition coefficient (Wildman–Crippen LogP) is 6.25. The van der Waals surface area contributed by atoms with Crippen molar-refractivity contribution in [3.8, 4) is 0 Å². The zero-order valence-electron chi connectivity index (χ0n) is 15.6. The lowest BCUT2D eigenvalue weighted by Crippen LogP contribution is -2.00. The molecule has 0 saturated carbocycles. The molecule has 130 valence electrons. The lowest BCUT2D eigenvalue weighted by molar-refractivity contribution is 0.757. The van der Waals surface area contributed by atoms with Gasteiger partial charge in [0.25, 0.3) is 0 Å². The van der Waals surface area contributed by atoms with Crippen molar-refractivity contribution in [2.45, 2.75) is 39.0 Å². The molecule has 0 N–H and O–H groups in total. The molecule has 2 nitrogen and oxygen atoms in total. The molecule has 0 radical (unpaired) electrons. The first-order chi connectivity index (χ1) is 12.6. The summed E-state index contributed by atoms with van der Waals surface area (Å²) in [5, 5.41) is 3.70. The van der Waals surface area contributed by atoms with E-state index in [-0.39, 0.29) is 0 Å². The molecule has 0 aliphatic rings. The summed E-state index contributed by atoms with van der Waals surface area (Å²) in [6.07, 6.45) is 5.02. The number of aromatic nitrogens is 2. The highest BCUT2D eigenvalue weighted by atomic mass is 14.7. The standard InChI is InChI=1S/C24H24N2/c1-16(2)24-13-21-11-18(8-9-20(21)14-26-24)10-17(3)22-12-19-6-4-5-7-23(19)25-15-22/h4-9,11-17H,10H2,1-3H3. The van der Waals surface area contributed by atoms with E-state index in [1.807, 2.05) is 18.5 Å². The van der Waals surface area contributed by atoms with E-state index >= 15 is 0 Å². The molecule has 1 atom stereocenters. The molecular weight excluding hydrogens is 316 g/mol. The van der Waals surface area contributed by atoms with Crippen molar-refractivity contribution in [1.29, 1.82) is 0 Å². The molecule has 0 spiro atoms. The largest absolute Gasteiger partial charge is 0.260 e. The molecule has 0 aliphatic carbocycles. The molecule has 2 heterocycles. The van der Waals surface area contributed by atoms with Crippen LogP contribution >= 0.6 is 0 Å². The minimum absolute atomic E-state index is 0.427. The summed E-state index contributed by atoms with van der Waals surface area (Å²) in [6.45, 7) is 6.65. The van der Waals surface area contributed by atoms with Gasteiger partial charge in [0.05, 0.1) is 5.52 Å². The van der Waals surface area contributed by atoms with Gasteiger partial charge in [-0.25, -0.2) is 0 Å². The second kappa shape index (κ2) is 6.87. The van der Waals surface area contributed by atoms with Gasteiger partial charge in [-0.2, -0.15) is 0 Å². The van der Waals surface area contributed by atoms with Gasteiger partial charge >= 0.3 is 0 Å². The van der Waals surface area contributed by atoms with Crippen LogP contribution in [0.3, 0.4) is 0 Å². The van der Waals surface area contributed by atoms with E-state index in [9.17, 15) is 0 Å². The number of fused-ring (bicyclic) bond motifs is 2. The average Bonchev–Trinajstić information content (AvgIpc) is 2.67. The smallest absolute Gasteiger partial charge is 0.0702 e. The molecule has 0 bridgehead atoms. The van der Waals surface area contributed by atoms with Crippen LogP contribution in [0, 0.1) is 0 Å². The Kier molecular flexibility index (Phi) is 4.42. The third-order valence-electron chi connectivity index (χ3n) is 5.12. The lowest BCUT2D eigenvalue weighted by atomic mass is 9.93. The molecule has 0 amide bonds. The Morgan fingerprint density at radius 3 is 2.46 bits per heavy atom.